The van der Waals surface area contributed by atoms with Crippen LogP contribution in [0.25, 0.3) is 22.2 Å². The number of aldehydes is 1. The van der Waals surface area contributed by atoms with Crippen LogP contribution in [-0.4, -0.2) is 49.2 Å². The van der Waals surface area contributed by atoms with Gasteiger partial charge in [0.15, 0.2) is 17.8 Å². The second kappa shape index (κ2) is 10.0. The number of nitrogens with zero attached hydrogens (tertiary/aromatic N) is 2. The highest BCUT2D eigenvalue weighted by molar-refractivity contribution is 6.33. The van der Waals surface area contributed by atoms with Gasteiger partial charge in [0, 0.05) is 40.9 Å². The predicted octanol–water partition coefficient (Wildman–Crippen LogP) is 3.99. The van der Waals surface area contributed by atoms with Crippen molar-refractivity contribution in [1.29, 1.82) is 0 Å². The number of anilines is 2. The summed E-state index contributed by atoms with van der Waals surface area (Å²) >= 11 is 0. The Kier molecular flexibility index (Phi) is 6.68. The summed E-state index contributed by atoms with van der Waals surface area (Å²) in [5.41, 5.74) is 3.19. The summed E-state index contributed by atoms with van der Waals surface area (Å²) < 4.78 is 10.9. The maximum Gasteiger partial charge on any atom is 0.255 e. The van der Waals surface area contributed by atoms with Gasteiger partial charge in [-0.3, -0.25) is 14.4 Å². The zero-order valence-corrected chi connectivity index (χ0v) is 19.3. The summed E-state index contributed by atoms with van der Waals surface area (Å²) in [5, 5.41) is 6.57. The molecule has 0 unspecified atom stereocenters. The zero-order chi connectivity index (χ0) is 24.9. The minimum Gasteiger partial charge on any atom is -0.493 e. The quantitative estimate of drug-likeness (QED) is 0.225. The number of benzene rings is 3. The number of rotatable bonds is 8. The van der Waals surface area contributed by atoms with E-state index >= 15 is 0 Å². The lowest BCUT2D eigenvalue weighted by Gasteiger charge is -2.13. The summed E-state index contributed by atoms with van der Waals surface area (Å²) in [6, 6.07) is 16.7. The largest absolute Gasteiger partial charge is 0.493 e. The fraction of sp³-hybridized carbons (Fsp3) is 0.115. The fourth-order valence-electron chi connectivity index (χ4n) is 3.59. The Balaban J connectivity index is 1.70. The first-order valence-corrected chi connectivity index (χ1v) is 10.6. The van der Waals surface area contributed by atoms with Crippen LogP contribution >= 0.6 is 0 Å². The van der Waals surface area contributed by atoms with Gasteiger partial charge in [-0.1, -0.05) is 24.3 Å². The molecule has 0 radical (unpaired) electrons. The van der Waals surface area contributed by atoms with Crippen molar-refractivity contribution < 1.29 is 23.9 Å². The molecule has 0 atom stereocenters. The van der Waals surface area contributed by atoms with E-state index in [1.165, 1.54) is 24.3 Å². The molecule has 0 aliphatic heterocycles. The minimum absolute atomic E-state index is 0.224. The van der Waals surface area contributed by atoms with Gasteiger partial charge in [0.1, 0.15) is 0 Å². The number of Topliss-reactive ketones (excluding diaryl/α,β-unsaturated/α-hetero) is 1. The highest BCUT2D eigenvalue weighted by Gasteiger charge is 2.15. The number of nitrogens with one attached hydrogen (secondary N) is 2. The van der Waals surface area contributed by atoms with Crippen molar-refractivity contribution in [3.05, 3.63) is 71.8 Å². The molecule has 1 heterocycles. The SMILES string of the molecule is CNc1nc(-c2cccc(NC(=O)c3ccc(C(=O)C=O)cc3)c2)c2cc(OC)c(OC)cc2n1. The van der Waals surface area contributed by atoms with Crippen molar-refractivity contribution in [2.45, 2.75) is 0 Å². The van der Waals surface area contributed by atoms with Gasteiger partial charge in [-0.25, -0.2) is 9.97 Å². The van der Waals surface area contributed by atoms with E-state index in [2.05, 4.69) is 20.6 Å². The number of hydrogen-bond donors (Lipinski definition) is 2. The van der Waals surface area contributed by atoms with E-state index < -0.39 is 5.78 Å². The van der Waals surface area contributed by atoms with Crippen molar-refractivity contribution in [2.75, 3.05) is 31.9 Å². The Morgan fingerprint density at radius 2 is 1.57 bits per heavy atom. The highest BCUT2D eigenvalue weighted by Crippen LogP contribution is 2.36. The third kappa shape index (κ3) is 4.79. The zero-order valence-electron chi connectivity index (χ0n) is 19.3. The van der Waals surface area contributed by atoms with Gasteiger partial charge in [0.25, 0.3) is 5.91 Å². The molecule has 1 aromatic heterocycles. The van der Waals surface area contributed by atoms with Crippen LogP contribution in [0.3, 0.4) is 0 Å². The second-order valence-corrected chi connectivity index (χ2v) is 7.46. The highest BCUT2D eigenvalue weighted by atomic mass is 16.5. The van der Waals surface area contributed by atoms with Crippen LogP contribution in [-0.2, 0) is 4.79 Å². The van der Waals surface area contributed by atoms with Crippen LogP contribution in [0, 0.1) is 0 Å². The van der Waals surface area contributed by atoms with Crippen molar-refractivity contribution in [2.24, 2.45) is 0 Å². The van der Waals surface area contributed by atoms with Gasteiger partial charge in [-0.15, -0.1) is 0 Å². The molecule has 0 fully saturated rings. The molecule has 0 aliphatic carbocycles. The normalized spacial score (nSPS) is 10.5. The first kappa shape index (κ1) is 23.4. The van der Waals surface area contributed by atoms with Crippen molar-refractivity contribution in [1.82, 2.24) is 9.97 Å². The van der Waals surface area contributed by atoms with Gasteiger partial charge >= 0.3 is 0 Å². The molecular formula is C26H22N4O5. The molecule has 0 saturated carbocycles. The second-order valence-electron chi connectivity index (χ2n) is 7.46. The number of carbonyl (C=O) groups is 3. The van der Waals surface area contributed by atoms with Gasteiger partial charge in [0.2, 0.25) is 11.7 Å². The lowest BCUT2D eigenvalue weighted by molar-refractivity contribution is -0.104. The van der Waals surface area contributed by atoms with Crippen LogP contribution in [0.2, 0.25) is 0 Å². The number of hydrogen-bond acceptors (Lipinski definition) is 8. The maximum absolute atomic E-state index is 12.7. The van der Waals surface area contributed by atoms with Gasteiger partial charge in [0.05, 0.1) is 25.4 Å². The number of ether oxygens (including phenoxy) is 2. The monoisotopic (exact) mass is 470 g/mol. The smallest absolute Gasteiger partial charge is 0.255 e. The lowest BCUT2D eigenvalue weighted by Crippen LogP contribution is -2.12. The van der Waals surface area contributed by atoms with Crippen LogP contribution in [0.1, 0.15) is 20.7 Å². The predicted molar refractivity (Wildman–Crippen MR) is 132 cm³/mol. The molecule has 1 amide bonds. The van der Waals surface area contributed by atoms with Crippen LogP contribution in [0.5, 0.6) is 11.5 Å². The fourth-order valence-corrected chi connectivity index (χ4v) is 3.59. The van der Waals surface area contributed by atoms with Gasteiger partial charge < -0.3 is 20.1 Å². The Hall–Kier alpha value is -4.79. The number of methoxy groups -OCH3 is 2. The molecule has 176 valence electrons. The molecule has 0 spiro atoms. The van der Waals surface area contributed by atoms with Crippen LogP contribution in [0.4, 0.5) is 11.6 Å². The summed E-state index contributed by atoms with van der Waals surface area (Å²) in [4.78, 5) is 44.0. The maximum atomic E-state index is 12.7. The van der Waals surface area contributed by atoms with Crippen molar-refractivity contribution in [3.8, 4) is 22.8 Å². The van der Waals surface area contributed by atoms with Crippen molar-refractivity contribution >= 4 is 40.5 Å². The van der Waals surface area contributed by atoms with E-state index in [0.717, 1.165) is 10.9 Å². The lowest BCUT2D eigenvalue weighted by atomic mass is 10.0. The molecule has 3 aromatic carbocycles. The Morgan fingerprint density at radius 3 is 2.23 bits per heavy atom. The molecule has 0 saturated heterocycles. The standard InChI is InChI=1S/C26H22N4O5/c1-27-26-29-20-13-23(35-3)22(34-2)12-19(20)24(30-26)17-5-4-6-18(11-17)28-25(33)16-9-7-15(8-10-16)21(32)14-31/h4-14H,1-3H3,(H,28,33)(H,27,29,30). The van der Waals surface area contributed by atoms with Crippen LogP contribution < -0.4 is 20.1 Å². The van der Waals surface area contributed by atoms with Gasteiger partial charge in [-0.2, -0.15) is 0 Å². The third-order valence-electron chi connectivity index (χ3n) is 5.36. The van der Waals surface area contributed by atoms with Crippen molar-refractivity contribution in [3.63, 3.8) is 0 Å². The topological polar surface area (TPSA) is 120 Å². The Morgan fingerprint density at radius 1 is 0.886 bits per heavy atom. The summed E-state index contributed by atoms with van der Waals surface area (Å²) in [6.45, 7) is 0. The van der Waals surface area contributed by atoms with E-state index in [1.807, 2.05) is 18.2 Å². The average Bonchev–Trinajstić information content (AvgIpc) is 2.91. The van der Waals surface area contributed by atoms with E-state index in [-0.39, 0.29) is 17.8 Å². The summed E-state index contributed by atoms with van der Waals surface area (Å²) in [5.74, 6) is 0.523. The molecule has 35 heavy (non-hydrogen) atoms. The molecule has 9 heteroatoms. The third-order valence-corrected chi connectivity index (χ3v) is 5.36. The van der Waals surface area contributed by atoms with Gasteiger partial charge in [-0.05, 0) is 30.3 Å². The van der Waals surface area contributed by atoms with E-state index in [0.29, 0.717) is 39.9 Å². The van der Waals surface area contributed by atoms with E-state index in [4.69, 9.17) is 9.47 Å². The molecule has 0 bridgehead atoms. The molecule has 4 aromatic rings. The summed E-state index contributed by atoms with van der Waals surface area (Å²) in [7, 11) is 4.85. The minimum atomic E-state index is -0.642. The van der Waals surface area contributed by atoms with E-state index in [1.54, 1.807) is 39.5 Å². The Bertz CT molecular complexity index is 1430. The molecule has 9 nitrogen and oxygen atoms in total. The van der Waals surface area contributed by atoms with Crippen LogP contribution in [0.15, 0.2) is 60.7 Å². The molecule has 0 aliphatic rings. The molecular weight excluding hydrogens is 448 g/mol. The first-order valence-electron chi connectivity index (χ1n) is 10.6. The Labute approximate surface area is 201 Å². The molecule has 4 rings (SSSR count). The number of ketones is 1. The molecule has 2 N–H and O–H groups in total. The summed E-state index contributed by atoms with van der Waals surface area (Å²) in [6.07, 6.45) is 0.239. The number of aromatic nitrogens is 2. The average molecular weight is 470 g/mol. The number of fused-ring (bicyclic) bond motifs is 1. The number of carbonyl (C=O) groups excluding carboxylic acids is 3. The first-order chi connectivity index (χ1) is 17.0. The van der Waals surface area contributed by atoms with E-state index in [9.17, 15) is 14.4 Å². The number of amides is 1.